The van der Waals surface area contributed by atoms with Gasteiger partial charge in [0.1, 0.15) is 0 Å². The monoisotopic (exact) mass is 368 g/mol. The molecule has 2 N–H and O–H groups in total. The Kier molecular flexibility index (Phi) is 5.73. The Bertz CT molecular complexity index is 866. The Hall–Kier alpha value is -2.48. The van der Waals surface area contributed by atoms with Gasteiger partial charge in [0.05, 0.1) is 4.90 Å². The van der Waals surface area contributed by atoms with Gasteiger partial charge in [0.2, 0.25) is 0 Å². The van der Waals surface area contributed by atoms with Gasteiger partial charge in [-0.3, -0.25) is 9.52 Å². The molecule has 0 radical (unpaired) electrons. The number of amides is 1. The predicted octanol–water partition coefficient (Wildman–Crippen LogP) is 3.15. The molecule has 0 atom stereocenters. The second kappa shape index (κ2) is 7.60. The highest BCUT2D eigenvalue weighted by atomic mass is 32.2. The van der Waals surface area contributed by atoms with Crippen LogP contribution >= 0.6 is 0 Å². The molecule has 0 bridgehead atoms. The molecule has 0 aliphatic carbocycles. The van der Waals surface area contributed by atoms with Crippen LogP contribution in [0.15, 0.2) is 47.4 Å². The molecule has 2 rings (SSSR count). The Morgan fingerprint density at radius 1 is 1.04 bits per heavy atom. The average Bonchev–Trinajstić information content (AvgIpc) is 2.55. The number of anilines is 1. The summed E-state index contributed by atoms with van der Waals surface area (Å²) in [6, 6.07) is 8.09. The molecule has 0 aliphatic heterocycles. The van der Waals surface area contributed by atoms with Crippen LogP contribution < -0.4 is 10.0 Å². The third kappa shape index (κ3) is 4.99. The van der Waals surface area contributed by atoms with E-state index in [2.05, 4.69) is 10.0 Å². The van der Waals surface area contributed by atoms with E-state index in [0.29, 0.717) is 24.1 Å². The van der Waals surface area contributed by atoms with Crippen molar-refractivity contribution in [3.05, 3.63) is 59.7 Å². The zero-order valence-electron chi connectivity index (χ0n) is 13.7. The van der Waals surface area contributed by atoms with E-state index < -0.39 is 26.6 Å². The lowest BCUT2D eigenvalue weighted by Crippen LogP contribution is -2.27. The Balaban J connectivity index is 2.12. The van der Waals surface area contributed by atoms with Crippen LogP contribution in [0.1, 0.15) is 24.2 Å². The van der Waals surface area contributed by atoms with E-state index in [4.69, 9.17) is 0 Å². The number of rotatable bonds is 6. The summed E-state index contributed by atoms with van der Waals surface area (Å²) in [6.07, 6.45) is 0. The van der Waals surface area contributed by atoms with Crippen LogP contribution in [0.4, 0.5) is 14.5 Å². The summed E-state index contributed by atoms with van der Waals surface area (Å²) < 4.78 is 52.7. The zero-order chi connectivity index (χ0) is 18.6. The minimum atomic E-state index is -4.06. The summed E-state index contributed by atoms with van der Waals surface area (Å²) in [5, 5.41) is 2.75. The first-order valence-corrected chi connectivity index (χ1v) is 9.03. The molecule has 0 heterocycles. The number of sulfonamides is 1. The molecular formula is C17H18F2N2O3S. The largest absolute Gasteiger partial charge is 0.352 e. The van der Waals surface area contributed by atoms with Crippen molar-refractivity contribution in [3.8, 4) is 0 Å². The molecular weight excluding hydrogens is 350 g/mol. The Morgan fingerprint density at radius 3 is 2.24 bits per heavy atom. The molecule has 25 heavy (non-hydrogen) atoms. The van der Waals surface area contributed by atoms with Crippen molar-refractivity contribution < 1.29 is 22.0 Å². The van der Waals surface area contributed by atoms with Gasteiger partial charge in [-0.05, 0) is 48.4 Å². The van der Waals surface area contributed by atoms with Crippen LogP contribution in [-0.2, 0) is 10.0 Å². The van der Waals surface area contributed by atoms with Crippen LogP contribution in [0.3, 0.4) is 0 Å². The van der Waals surface area contributed by atoms with Crippen LogP contribution in [-0.4, -0.2) is 20.9 Å². The normalized spacial score (nSPS) is 11.4. The SMILES string of the molecule is CC(C)CNC(=O)c1ccc(NS(=O)(=O)c2ccc(F)c(F)c2)cc1. The van der Waals surface area contributed by atoms with Gasteiger partial charge in [-0.1, -0.05) is 13.8 Å². The van der Waals surface area contributed by atoms with Gasteiger partial charge in [0.15, 0.2) is 11.6 Å². The van der Waals surface area contributed by atoms with Crippen molar-refractivity contribution in [1.29, 1.82) is 0 Å². The number of halogens is 2. The number of carbonyl (C=O) groups excluding carboxylic acids is 1. The van der Waals surface area contributed by atoms with Gasteiger partial charge in [-0.2, -0.15) is 0 Å². The quantitative estimate of drug-likeness (QED) is 0.822. The highest BCUT2D eigenvalue weighted by Gasteiger charge is 2.17. The number of benzene rings is 2. The van der Waals surface area contributed by atoms with Crippen molar-refractivity contribution >= 4 is 21.6 Å². The third-order valence-corrected chi connectivity index (χ3v) is 4.65. The van der Waals surface area contributed by atoms with Crippen LogP contribution in [0.25, 0.3) is 0 Å². The first-order valence-electron chi connectivity index (χ1n) is 7.55. The van der Waals surface area contributed by atoms with Crippen molar-refractivity contribution in [1.82, 2.24) is 5.32 Å². The molecule has 0 fully saturated rings. The van der Waals surface area contributed by atoms with Gasteiger partial charge < -0.3 is 5.32 Å². The molecule has 8 heteroatoms. The van der Waals surface area contributed by atoms with E-state index in [1.54, 1.807) is 0 Å². The summed E-state index contributed by atoms with van der Waals surface area (Å²) in [7, 11) is -4.06. The molecule has 0 aromatic heterocycles. The van der Waals surface area contributed by atoms with Crippen molar-refractivity contribution in [2.45, 2.75) is 18.7 Å². The van der Waals surface area contributed by atoms with E-state index in [1.165, 1.54) is 24.3 Å². The zero-order valence-corrected chi connectivity index (χ0v) is 14.5. The summed E-state index contributed by atoms with van der Waals surface area (Å²) in [6.45, 7) is 4.47. The smallest absolute Gasteiger partial charge is 0.261 e. The van der Waals surface area contributed by atoms with Gasteiger partial charge in [-0.25, -0.2) is 17.2 Å². The Labute approximate surface area is 145 Å². The lowest BCUT2D eigenvalue weighted by molar-refractivity contribution is 0.0949. The summed E-state index contributed by atoms with van der Waals surface area (Å²) in [5.74, 6) is -2.33. The number of hydrogen-bond acceptors (Lipinski definition) is 3. The predicted molar refractivity (Wildman–Crippen MR) is 90.8 cm³/mol. The van der Waals surface area contributed by atoms with Crippen molar-refractivity contribution in [2.75, 3.05) is 11.3 Å². The van der Waals surface area contributed by atoms with Crippen molar-refractivity contribution in [3.63, 3.8) is 0 Å². The molecule has 2 aromatic carbocycles. The number of nitrogens with one attached hydrogen (secondary N) is 2. The minimum absolute atomic E-state index is 0.199. The molecule has 1 amide bonds. The Morgan fingerprint density at radius 2 is 1.68 bits per heavy atom. The van der Waals surface area contributed by atoms with Crippen LogP contribution in [0.5, 0.6) is 0 Å². The molecule has 0 unspecified atom stereocenters. The number of hydrogen-bond donors (Lipinski definition) is 2. The number of carbonyl (C=O) groups is 1. The van der Waals surface area contributed by atoms with Gasteiger partial charge in [-0.15, -0.1) is 0 Å². The maximum atomic E-state index is 13.2. The molecule has 0 saturated heterocycles. The minimum Gasteiger partial charge on any atom is -0.352 e. The summed E-state index contributed by atoms with van der Waals surface area (Å²) in [4.78, 5) is 11.5. The van der Waals surface area contributed by atoms with Gasteiger partial charge >= 0.3 is 0 Å². The molecule has 0 saturated carbocycles. The van der Waals surface area contributed by atoms with E-state index in [0.717, 1.165) is 12.1 Å². The molecule has 2 aromatic rings. The van der Waals surface area contributed by atoms with Gasteiger partial charge in [0.25, 0.3) is 15.9 Å². The molecule has 0 aliphatic rings. The topological polar surface area (TPSA) is 75.3 Å². The van der Waals surface area contributed by atoms with Crippen LogP contribution in [0.2, 0.25) is 0 Å². The summed E-state index contributed by atoms with van der Waals surface area (Å²) >= 11 is 0. The fourth-order valence-electron chi connectivity index (χ4n) is 1.95. The fraction of sp³-hybridized carbons (Fsp3) is 0.235. The molecule has 134 valence electrons. The third-order valence-electron chi connectivity index (χ3n) is 3.27. The first kappa shape index (κ1) is 18.9. The maximum Gasteiger partial charge on any atom is 0.261 e. The van der Waals surface area contributed by atoms with Crippen molar-refractivity contribution in [2.24, 2.45) is 5.92 Å². The maximum absolute atomic E-state index is 13.2. The highest BCUT2D eigenvalue weighted by Crippen LogP contribution is 2.18. The standard InChI is InChI=1S/C17H18F2N2O3S/c1-11(2)10-20-17(22)12-3-5-13(6-4-12)21-25(23,24)14-7-8-15(18)16(19)9-14/h3-9,11,21H,10H2,1-2H3,(H,20,22). The van der Waals surface area contributed by atoms with Gasteiger partial charge in [0, 0.05) is 17.8 Å². The second-order valence-electron chi connectivity index (χ2n) is 5.86. The molecule has 0 spiro atoms. The van der Waals surface area contributed by atoms with E-state index >= 15 is 0 Å². The summed E-state index contributed by atoms with van der Waals surface area (Å²) in [5.41, 5.74) is 0.585. The van der Waals surface area contributed by atoms with E-state index in [1.807, 2.05) is 13.8 Å². The second-order valence-corrected chi connectivity index (χ2v) is 7.55. The lowest BCUT2D eigenvalue weighted by Gasteiger charge is -2.10. The fourth-order valence-corrected chi connectivity index (χ4v) is 3.02. The van der Waals surface area contributed by atoms with E-state index in [-0.39, 0.29) is 11.6 Å². The first-order chi connectivity index (χ1) is 11.7. The average molecular weight is 368 g/mol. The lowest BCUT2D eigenvalue weighted by atomic mass is 10.2. The highest BCUT2D eigenvalue weighted by molar-refractivity contribution is 7.92. The van der Waals surface area contributed by atoms with E-state index in [9.17, 15) is 22.0 Å². The van der Waals surface area contributed by atoms with Crippen LogP contribution in [0, 0.1) is 17.6 Å². The molecule has 5 nitrogen and oxygen atoms in total.